The van der Waals surface area contributed by atoms with Crippen molar-refractivity contribution in [2.24, 2.45) is 5.92 Å². The molecule has 0 radical (unpaired) electrons. The minimum atomic E-state index is -1.01. The minimum absolute atomic E-state index is 0.212. The zero-order valence-corrected chi connectivity index (χ0v) is 18.7. The number of nitrogens with zero attached hydrogens (tertiary/aromatic N) is 1. The fourth-order valence-electron chi connectivity index (χ4n) is 4.08. The first-order chi connectivity index (χ1) is 16.2. The SMILES string of the molecule is CC(C)C(C(=O)O)N1Cc2ccc(-c3ccc(NC(=O)Nc4ccc(F)cc4)cc3)cc2C1=O. The smallest absolute Gasteiger partial charge is 0.326 e. The quantitative estimate of drug-likeness (QED) is 0.470. The number of rotatable bonds is 6. The Labute approximate surface area is 196 Å². The van der Waals surface area contributed by atoms with Crippen LogP contribution in [0.3, 0.4) is 0 Å². The number of aliphatic carboxylic acids is 1. The van der Waals surface area contributed by atoms with Crippen molar-refractivity contribution in [1.29, 1.82) is 0 Å². The highest BCUT2D eigenvalue weighted by Crippen LogP contribution is 2.31. The highest BCUT2D eigenvalue weighted by Gasteiger charge is 2.38. The molecule has 174 valence electrons. The number of carboxylic acid groups (broad SMARTS) is 1. The average Bonchev–Trinajstić information content (AvgIpc) is 3.11. The first kappa shape index (κ1) is 23.0. The Hall–Kier alpha value is -4.20. The summed E-state index contributed by atoms with van der Waals surface area (Å²) in [4.78, 5) is 38.2. The summed E-state index contributed by atoms with van der Waals surface area (Å²) in [5.41, 5.74) is 3.99. The summed E-state index contributed by atoms with van der Waals surface area (Å²) in [6, 6.07) is 16.7. The number of nitrogens with one attached hydrogen (secondary N) is 2. The van der Waals surface area contributed by atoms with E-state index in [1.807, 2.05) is 24.3 Å². The summed E-state index contributed by atoms with van der Waals surface area (Å²) in [5.74, 6) is -1.89. The Balaban J connectivity index is 1.46. The molecular formula is C26H24FN3O4. The van der Waals surface area contributed by atoms with Gasteiger partial charge in [0.1, 0.15) is 11.9 Å². The first-order valence-electron chi connectivity index (χ1n) is 10.8. The Morgan fingerprint density at radius 3 is 2.03 bits per heavy atom. The number of carbonyl (C=O) groups is 3. The molecule has 0 spiro atoms. The van der Waals surface area contributed by atoms with Crippen LogP contribution in [0.5, 0.6) is 0 Å². The van der Waals surface area contributed by atoms with E-state index in [2.05, 4.69) is 10.6 Å². The molecule has 3 N–H and O–H groups in total. The Bertz CT molecular complexity index is 1240. The maximum Gasteiger partial charge on any atom is 0.326 e. The van der Waals surface area contributed by atoms with E-state index in [0.717, 1.165) is 16.7 Å². The fraction of sp³-hybridized carbons (Fsp3) is 0.192. The fourth-order valence-corrected chi connectivity index (χ4v) is 4.08. The number of carboxylic acids is 1. The second kappa shape index (κ2) is 9.35. The second-order valence-electron chi connectivity index (χ2n) is 8.50. The number of hydrogen-bond acceptors (Lipinski definition) is 3. The molecule has 1 heterocycles. The van der Waals surface area contributed by atoms with Crippen molar-refractivity contribution in [3.63, 3.8) is 0 Å². The van der Waals surface area contributed by atoms with Gasteiger partial charge in [0, 0.05) is 23.5 Å². The van der Waals surface area contributed by atoms with E-state index in [4.69, 9.17) is 0 Å². The van der Waals surface area contributed by atoms with Crippen LogP contribution in [-0.4, -0.2) is 34.0 Å². The topological polar surface area (TPSA) is 98.7 Å². The highest BCUT2D eigenvalue weighted by atomic mass is 19.1. The molecule has 0 saturated carbocycles. The van der Waals surface area contributed by atoms with Gasteiger partial charge in [0.05, 0.1) is 0 Å². The molecule has 0 aliphatic carbocycles. The van der Waals surface area contributed by atoms with Crippen molar-refractivity contribution in [2.45, 2.75) is 26.4 Å². The van der Waals surface area contributed by atoms with Gasteiger partial charge < -0.3 is 20.6 Å². The van der Waals surface area contributed by atoms with Crippen LogP contribution >= 0.6 is 0 Å². The molecule has 3 aromatic carbocycles. The Kier molecular flexibility index (Phi) is 6.32. The lowest BCUT2D eigenvalue weighted by Gasteiger charge is -2.27. The van der Waals surface area contributed by atoms with Gasteiger partial charge in [-0.15, -0.1) is 0 Å². The van der Waals surface area contributed by atoms with Gasteiger partial charge in [0.25, 0.3) is 5.91 Å². The Morgan fingerprint density at radius 1 is 0.912 bits per heavy atom. The van der Waals surface area contributed by atoms with E-state index >= 15 is 0 Å². The van der Waals surface area contributed by atoms with Crippen molar-refractivity contribution >= 4 is 29.3 Å². The molecule has 0 bridgehead atoms. The molecule has 3 amide bonds. The third-order valence-corrected chi connectivity index (χ3v) is 5.74. The lowest BCUT2D eigenvalue weighted by molar-refractivity contribution is -0.144. The maximum absolute atomic E-state index is 13.0. The second-order valence-corrected chi connectivity index (χ2v) is 8.50. The van der Waals surface area contributed by atoms with Gasteiger partial charge in [0.2, 0.25) is 0 Å². The number of anilines is 2. The van der Waals surface area contributed by atoms with E-state index in [1.54, 1.807) is 32.0 Å². The third kappa shape index (κ3) is 4.76. The third-order valence-electron chi connectivity index (χ3n) is 5.74. The monoisotopic (exact) mass is 461 g/mol. The van der Waals surface area contributed by atoms with Crippen LogP contribution in [-0.2, 0) is 11.3 Å². The van der Waals surface area contributed by atoms with Crippen LogP contribution < -0.4 is 10.6 Å². The van der Waals surface area contributed by atoms with E-state index < -0.39 is 18.0 Å². The summed E-state index contributed by atoms with van der Waals surface area (Å²) in [5, 5.41) is 14.9. The van der Waals surface area contributed by atoms with Gasteiger partial charge in [-0.25, -0.2) is 14.0 Å². The van der Waals surface area contributed by atoms with E-state index in [-0.39, 0.29) is 24.2 Å². The highest BCUT2D eigenvalue weighted by molar-refractivity contribution is 6.02. The molecule has 1 atom stereocenters. The van der Waals surface area contributed by atoms with E-state index in [0.29, 0.717) is 16.9 Å². The Morgan fingerprint density at radius 2 is 1.47 bits per heavy atom. The molecule has 1 unspecified atom stereocenters. The van der Waals surface area contributed by atoms with Crippen LogP contribution in [0.1, 0.15) is 29.8 Å². The van der Waals surface area contributed by atoms with Crippen molar-refractivity contribution < 1.29 is 23.9 Å². The zero-order valence-electron chi connectivity index (χ0n) is 18.7. The summed E-state index contributed by atoms with van der Waals surface area (Å²) in [6.07, 6.45) is 0. The number of urea groups is 1. The first-order valence-corrected chi connectivity index (χ1v) is 10.8. The molecule has 7 nitrogen and oxygen atoms in total. The number of halogens is 1. The normalized spacial score (nSPS) is 13.5. The standard InChI is InChI=1S/C26H24FN3O4/c1-15(2)23(25(32)33)30-14-18-4-3-17(13-22(18)24(30)31)16-5-9-20(10-6-16)28-26(34)29-21-11-7-19(27)8-12-21/h3-13,15,23H,14H2,1-2H3,(H,32,33)(H2,28,29,34). The molecule has 0 fully saturated rings. The van der Waals surface area contributed by atoms with Crippen LogP contribution in [0.4, 0.5) is 20.6 Å². The number of hydrogen-bond donors (Lipinski definition) is 3. The molecule has 1 aliphatic rings. The van der Waals surface area contributed by atoms with Crippen molar-refractivity contribution in [1.82, 2.24) is 4.90 Å². The summed E-state index contributed by atoms with van der Waals surface area (Å²) in [7, 11) is 0. The molecule has 0 saturated heterocycles. The van der Waals surface area contributed by atoms with Crippen molar-refractivity contribution in [2.75, 3.05) is 10.6 Å². The van der Waals surface area contributed by atoms with Crippen LogP contribution in [0, 0.1) is 11.7 Å². The zero-order chi connectivity index (χ0) is 24.4. The van der Waals surface area contributed by atoms with Crippen LogP contribution in [0.25, 0.3) is 11.1 Å². The number of carbonyl (C=O) groups excluding carboxylic acids is 2. The minimum Gasteiger partial charge on any atom is -0.480 e. The van der Waals surface area contributed by atoms with Crippen LogP contribution in [0.2, 0.25) is 0 Å². The molecule has 8 heteroatoms. The van der Waals surface area contributed by atoms with Gasteiger partial charge in [-0.3, -0.25) is 4.79 Å². The lowest BCUT2D eigenvalue weighted by Crippen LogP contribution is -2.44. The lowest BCUT2D eigenvalue weighted by atomic mass is 10.00. The predicted octanol–water partition coefficient (Wildman–Crippen LogP) is 5.20. The van der Waals surface area contributed by atoms with Gasteiger partial charge in [-0.05, 0) is 65.1 Å². The van der Waals surface area contributed by atoms with Gasteiger partial charge >= 0.3 is 12.0 Å². The maximum atomic E-state index is 13.0. The molecule has 0 aromatic heterocycles. The molecule has 34 heavy (non-hydrogen) atoms. The predicted molar refractivity (Wildman–Crippen MR) is 127 cm³/mol. The van der Waals surface area contributed by atoms with Crippen LogP contribution in [0.15, 0.2) is 66.7 Å². The summed E-state index contributed by atoms with van der Waals surface area (Å²) >= 11 is 0. The summed E-state index contributed by atoms with van der Waals surface area (Å²) in [6.45, 7) is 3.85. The summed E-state index contributed by atoms with van der Waals surface area (Å²) < 4.78 is 13.0. The van der Waals surface area contributed by atoms with Crippen molar-refractivity contribution in [3.8, 4) is 11.1 Å². The average molecular weight is 461 g/mol. The number of benzene rings is 3. The largest absolute Gasteiger partial charge is 0.480 e. The van der Waals surface area contributed by atoms with Gasteiger partial charge in [-0.1, -0.05) is 38.1 Å². The van der Waals surface area contributed by atoms with Gasteiger partial charge in [-0.2, -0.15) is 0 Å². The molecule has 4 rings (SSSR count). The van der Waals surface area contributed by atoms with E-state index in [1.165, 1.54) is 29.2 Å². The molecule has 1 aliphatic heterocycles. The van der Waals surface area contributed by atoms with Gasteiger partial charge in [0.15, 0.2) is 0 Å². The number of fused-ring (bicyclic) bond motifs is 1. The molecule has 3 aromatic rings. The van der Waals surface area contributed by atoms with Crippen molar-refractivity contribution in [3.05, 3.63) is 83.7 Å². The van der Waals surface area contributed by atoms with E-state index in [9.17, 15) is 23.9 Å². The molecular weight excluding hydrogens is 437 g/mol. The number of amides is 3.